The van der Waals surface area contributed by atoms with Gasteiger partial charge in [-0.1, -0.05) is 15.9 Å². The van der Waals surface area contributed by atoms with E-state index in [0.717, 1.165) is 12.1 Å². The Bertz CT molecular complexity index is 561. The van der Waals surface area contributed by atoms with Gasteiger partial charge in [0.05, 0.1) is 17.0 Å². The molecule has 0 radical (unpaired) electrons. The Hall–Kier alpha value is -0.800. The highest BCUT2D eigenvalue weighted by Gasteiger charge is 2.31. The highest BCUT2D eigenvalue weighted by Crippen LogP contribution is 2.33. The van der Waals surface area contributed by atoms with Crippen LogP contribution in [0.3, 0.4) is 0 Å². The highest BCUT2D eigenvalue weighted by atomic mass is 79.9. The second-order valence-corrected chi connectivity index (χ2v) is 6.90. The maximum atomic E-state index is 12.6. The predicted octanol–water partition coefficient (Wildman–Crippen LogP) is 2.95. The molecule has 9 heteroatoms. The molecule has 0 atom stereocenters. The molecule has 3 N–H and O–H groups in total. The molecule has 1 rings (SSSR count). The van der Waals surface area contributed by atoms with E-state index in [-0.39, 0.29) is 15.9 Å². The first-order chi connectivity index (χ1) is 9.14. The summed E-state index contributed by atoms with van der Waals surface area (Å²) in [4.78, 5) is 0. The van der Waals surface area contributed by atoms with E-state index in [2.05, 4.69) is 20.7 Å². The molecule has 0 unspecified atom stereocenters. The molecular formula is C11H14BrF3N2O2S. The number of hydrogen-bond acceptors (Lipinski definition) is 3. The van der Waals surface area contributed by atoms with Gasteiger partial charge in [-0.05, 0) is 37.6 Å². The van der Waals surface area contributed by atoms with Gasteiger partial charge in [-0.3, -0.25) is 4.72 Å². The van der Waals surface area contributed by atoms with Crippen molar-refractivity contribution in [3.05, 3.63) is 28.2 Å². The second kappa shape index (κ2) is 6.77. The Balaban J connectivity index is 2.90. The van der Waals surface area contributed by atoms with E-state index in [1.807, 2.05) is 0 Å². The molecule has 0 saturated carbocycles. The van der Waals surface area contributed by atoms with Gasteiger partial charge < -0.3 is 5.73 Å². The summed E-state index contributed by atoms with van der Waals surface area (Å²) in [7, 11) is -3.68. The molecule has 0 spiro atoms. The number of benzene rings is 1. The van der Waals surface area contributed by atoms with Crippen LogP contribution in [0.2, 0.25) is 0 Å². The Labute approximate surface area is 123 Å². The number of nitrogens with one attached hydrogen (secondary N) is 1. The molecular weight excluding hydrogens is 361 g/mol. The lowest BCUT2D eigenvalue weighted by atomic mass is 10.2. The largest absolute Gasteiger partial charge is 0.416 e. The number of alkyl halides is 3. The van der Waals surface area contributed by atoms with E-state index >= 15 is 0 Å². The molecule has 0 fully saturated rings. The number of nitrogens with two attached hydrogens (primary N) is 1. The normalized spacial score (nSPS) is 12.4. The van der Waals surface area contributed by atoms with E-state index in [4.69, 9.17) is 5.73 Å². The molecule has 0 aliphatic heterocycles. The molecule has 1 aromatic carbocycles. The number of sulfonamides is 1. The van der Waals surface area contributed by atoms with Gasteiger partial charge in [0.2, 0.25) is 10.0 Å². The number of unbranched alkanes of at least 4 members (excludes halogenated alkanes) is 1. The van der Waals surface area contributed by atoms with E-state index in [9.17, 15) is 21.6 Å². The Morgan fingerprint density at radius 2 is 1.85 bits per heavy atom. The molecule has 0 amide bonds. The van der Waals surface area contributed by atoms with Gasteiger partial charge in [0.25, 0.3) is 0 Å². The molecule has 114 valence electrons. The smallest absolute Gasteiger partial charge is 0.330 e. The van der Waals surface area contributed by atoms with Crippen LogP contribution < -0.4 is 10.5 Å². The molecule has 0 aliphatic carbocycles. The van der Waals surface area contributed by atoms with Crippen LogP contribution in [-0.2, 0) is 16.2 Å². The van der Waals surface area contributed by atoms with Crippen molar-refractivity contribution in [3.8, 4) is 0 Å². The highest BCUT2D eigenvalue weighted by molar-refractivity contribution is 9.10. The summed E-state index contributed by atoms with van der Waals surface area (Å²) < 4.78 is 63.5. The summed E-state index contributed by atoms with van der Waals surface area (Å²) in [6, 6.07) is 2.91. The maximum Gasteiger partial charge on any atom is 0.416 e. The molecule has 20 heavy (non-hydrogen) atoms. The van der Waals surface area contributed by atoms with Crippen LogP contribution in [0.4, 0.5) is 18.9 Å². The summed E-state index contributed by atoms with van der Waals surface area (Å²) in [6.07, 6.45) is -3.65. The fraction of sp³-hybridized carbons (Fsp3) is 0.455. The first kappa shape index (κ1) is 17.3. The summed E-state index contributed by atoms with van der Waals surface area (Å²) in [5.74, 6) is -0.182. The van der Waals surface area contributed by atoms with Crippen molar-refractivity contribution in [2.45, 2.75) is 19.0 Å². The molecule has 0 bridgehead atoms. The maximum absolute atomic E-state index is 12.6. The van der Waals surface area contributed by atoms with Gasteiger partial charge >= 0.3 is 6.18 Å². The van der Waals surface area contributed by atoms with Crippen LogP contribution in [0.15, 0.2) is 22.7 Å². The SMILES string of the molecule is NCCCCS(=O)(=O)Nc1cc(Br)cc(C(F)(F)F)c1. The topological polar surface area (TPSA) is 72.2 Å². The Kier molecular flexibility index (Phi) is 5.84. The summed E-state index contributed by atoms with van der Waals surface area (Å²) in [6.45, 7) is 0.366. The van der Waals surface area contributed by atoms with Crippen molar-refractivity contribution in [1.82, 2.24) is 0 Å². The van der Waals surface area contributed by atoms with Gasteiger partial charge in [0.15, 0.2) is 0 Å². The average Bonchev–Trinajstić information content (AvgIpc) is 2.26. The van der Waals surface area contributed by atoms with Crippen molar-refractivity contribution >= 4 is 31.6 Å². The molecule has 0 aliphatic rings. The number of rotatable bonds is 6. The lowest BCUT2D eigenvalue weighted by molar-refractivity contribution is -0.137. The third kappa shape index (κ3) is 5.68. The minimum absolute atomic E-state index is 0.126. The van der Waals surface area contributed by atoms with Crippen LogP contribution in [0.25, 0.3) is 0 Å². The first-order valence-corrected chi connectivity index (χ1v) is 8.17. The molecule has 0 heterocycles. The van der Waals surface area contributed by atoms with Gasteiger partial charge in [-0.15, -0.1) is 0 Å². The standard InChI is InChI=1S/C11H14BrF3N2O2S/c12-9-5-8(11(13,14)15)6-10(7-9)17-20(18,19)4-2-1-3-16/h5-7,17H,1-4,16H2. The first-order valence-electron chi connectivity index (χ1n) is 5.72. The van der Waals surface area contributed by atoms with E-state index in [0.29, 0.717) is 19.4 Å². The summed E-state index contributed by atoms with van der Waals surface area (Å²) in [5, 5.41) is 0. The summed E-state index contributed by atoms with van der Waals surface area (Å²) >= 11 is 2.93. The zero-order chi connectivity index (χ0) is 15.4. The van der Waals surface area contributed by atoms with E-state index in [1.54, 1.807) is 0 Å². The zero-order valence-electron chi connectivity index (χ0n) is 10.4. The van der Waals surface area contributed by atoms with E-state index in [1.165, 1.54) is 6.07 Å². The molecule has 1 aromatic rings. The monoisotopic (exact) mass is 374 g/mol. The fourth-order valence-corrected chi connectivity index (χ4v) is 3.14. The number of anilines is 1. The van der Waals surface area contributed by atoms with Crippen LogP contribution in [0.1, 0.15) is 18.4 Å². The van der Waals surface area contributed by atoms with Gasteiger partial charge in [0, 0.05) is 4.47 Å². The molecule has 0 aromatic heterocycles. The van der Waals surface area contributed by atoms with Crippen molar-refractivity contribution in [2.24, 2.45) is 5.73 Å². The Morgan fingerprint density at radius 1 is 1.20 bits per heavy atom. The zero-order valence-corrected chi connectivity index (χ0v) is 12.8. The average molecular weight is 375 g/mol. The second-order valence-electron chi connectivity index (χ2n) is 4.14. The lowest BCUT2D eigenvalue weighted by Gasteiger charge is -2.12. The van der Waals surface area contributed by atoms with Crippen LogP contribution >= 0.6 is 15.9 Å². The van der Waals surface area contributed by atoms with Gasteiger partial charge in [-0.2, -0.15) is 13.2 Å². The van der Waals surface area contributed by atoms with Crippen LogP contribution in [0.5, 0.6) is 0 Å². The minimum atomic E-state index is -4.54. The van der Waals surface area contributed by atoms with Gasteiger partial charge in [0.1, 0.15) is 0 Å². The fourth-order valence-electron chi connectivity index (χ4n) is 1.48. The molecule has 4 nitrogen and oxygen atoms in total. The lowest BCUT2D eigenvalue weighted by Crippen LogP contribution is -2.18. The Morgan fingerprint density at radius 3 is 2.40 bits per heavy atom. The number of hydrogen-bond donors (Lipinski definition) is 2. The molecule has 0 saturated heterocycles. The van der Waals surface area contributed by atoms with Crippen molar-refractivity contribution in [2.75, 3.05) is 17.0 Å². The number of halogens is 4. The van der Waals surface area contributed by atoms with Crippen molar-refractivity contribution in [1.29, 1.82) is 0 Å². The minimum Gasteiger partial charge on any atom is -0.330 e. The van der Waals surface area contributed by atoms with Crippen LogP contribution in [-0.4, -0.2) is 20.7 Å². The third-order valence-corrected chi connectivity index (χ3v) is 4.20. The quantitative estimate of drug-likeness (QED) is 0.751. The predicted molar refractivity (Wildman–Crippen MR) is 74.8 cm³/mol. The van der Waals surface area contributed by atoms with Gasteiger partial charge in [-0.25, -0.2) is 8.42 Å². The van der Waals surface area contributed by atoms with Crippen molar-refractivity contribution < 1.29 is 21.6 Å². The van der Waals surface area contributed by atoms with E-state index < -0.39 is 21.8 Å². The van der Waals surface area contributed by atoms with Crippen LogP contribution in [0, 0.1) is 0 Å². The van der Waals surface area contributed by atoms with Crippen molar-refractivity contribution in [3.63, 3.8) is 0 Å². The third-order valence-electron chi connectivity index (χ3n) is 2.37. The summed E-state index contributed by atoms with van der Waals surface area (Å²) in [5.41, 5.74) is 4.20.